The molecule has 0 aliphatic carbocycles. The molecule has 0 saturated heterocycles. The second-order valence-electron chi connectivity index (χ2n) is 4.46. The average molecular weight is 267 g/mol. The largest absolute Gasteiger partial charge is 0.274 e. The van der Waals surface area contributed by atoms with Crippen molar-refractivity contribution in [3.63, 3.8) is 0 Å². The molecule has 2 nitrogen and oxygen atoms in total. The van der Waals surface area contributed by atoms with Crippen LogP contribution in [0.25, 0.3) is 6.08 Å². The molecule has 0 heterocycles. The number of nitrogens with zero attached hydrogens (tertiary/aromatic N) is 1. The molecule has 2 heteroatoms. The summed E-state index contributed by atoms with van der Waals surface area (Å²) in [7, 11) is 0. The van der Waals surface area contributed by atoms with Crippen molar-refractivity contribution in [3.8, 4) is 0 Å². The lowest BCUT2D eigenvalue weighted by molar-refractivity contribution is 0.121. The van der Waals surface area contributed by atoms with Gasteiger partial charge in [-0.3, -0.25) is 9.90 Å². The highest BCUT2D eigenvalue weighted by molar-refractivity contribution is 5.49. The maximum Gasteiger partial charge on any atom is 0.0720 e. The Kier molecular flexibility index (Phi) is 5.87. The fraction of sp³-hybridized carbons (Fsp3) is 0.222. The van der Waals surface area contributed by atoms with E-state index in [0.717, 1.165) is 18.7 Å². The first-order chi connectivity index (χ1) is 9.90. The second-order valence-corrected chi connectivity index (χ2v) is 4.46. The van der Waals surface area contributed by atoms with Crippen LogP contribution in [0, 0.1) is 0 Å². The Morgan fingerprint density at radius 1 is 0.950 bits per heavy atom. The van der Waals surface area contributed by atoms with E-state index in [2.05, 4.69) is 48.6 Å². The van der Waals surface area contributed by atoms with E-state index in [0.29, 0.717) is 6.61 Å². The van der Waals surface area contributed by atoms with E-state index in [-0.39, 0.29) is 0 Å². The zero-order valence-corrected chi connectivity index (χ0v) is 11.9. The quantitative estimate of drug-likeness (QED) is 0.682. The van der Waals surface area contributed by atoms with Gasteiger partial charge < -0.3 is 0 Å². The molecule has 0 spiro atoms. The van der Waals surface area contributed by atoms with Gasteiger partial charge in [0.1, 0.15) is 0 Å². The van der Waals surface area contributed by atoms with Crippen LogP contribution in [0.2, 0.25) is 0 Å². The lowest BCUT2D eigenvalue weighted by Crippen LogP contribution is -2.24. The van der Waals surface area contributed by atoms with Gasteiger partial charge in [-0.25, -0.2) is 0 Å². The van der Waals surface area contributed by atoms with Crippen molar-refractivity contribution in [2.45, 2.75) is 13.3 Å². The molecule has 2 aromatic rings. The molecule has 0 aromatic heterocycles. The van der Waals surface area contributed by atoms with Gasteiger partial charge in [0.05, 0.1) is 12.3 Å². The summed E-state index contributed by atoms with van der Waals surface area (Å²) in [5, 5.41) is 1.95. The Morgan fingerprint density at radius 2 is 1.60 bits per heavy atom. The zero-order chi connectivity index (χ0) is 14.0. The third kappa shape index (κ3) is 4.56. The average Bonchev–Trinajstić information content (AvgIpc) is 2.52. The second kappa shape index (κ2) is 8.18. The monoisotopic (exact) mass is 267 g/mol. The molecule has 0 radical (unpaired) electrons. The fourth-order valence-electron chi connectivity index (χ4n) is 1.99. The van der Waals surface area contributed by atoms with Crippen LogP contribution in [0.1, 0.15) is 18.9 Å². The van der Waals surface area contributed by atoms with Crippen LogP contribution in [-0.4, -0.2) is 13.2 Å². The molecular formula is C18H21NO. The molecular weight excluding hydrogens is 246 g/mol. The van der Waals surface area contributed by atoms with E-state index in [4.69, 9.17) is 4.84 Å². The predicted molar refractivity (Wildman–Crippen MR) is 85.5 cm³/mol. The predicted octanol–water partition coefficient (Wildman–Crippen LogP) is 4.55. The molecule has 0 amide bonds. The van der Waals surface area contributed by atoms with E-state index in [9.17, 15) is 0 Å². The van der Waals surface area contributed by atoms with Gasteiger partial charge in [0.15, 0.2) is 0 Å². The summed E-state index contributed by atoms with van der Waals surface area (Å²) in [5.41, 5.74) is 2.33. The van der Waals surface area contributed by atoms with Crippen molar-refractivity contribution < 1.29 is 4.84 Å². The maximum atomic E-state index is 5.68. The third-order valence-electron chi connectivity index (χ3n) is 2.94. The van der Waals surface area contributed by atoms with E-state index in [1.54, 1.807) is 0 Å². The highest BCUT2D eigenvalue weighted by Gasteiger charge is 2.03. The molecule has 0 aliphatic rings. The van der Waals surface area contributed by atoms with Crippen molar-refractivity contribution >= 4 is 11.8 Å². The molecule has 0 fully saturated rings. The van der Waals surface area contributed by atoms with Crippen LogP contribution >= 0.6 is 0 Å². The first-order valence-corrected chi connectivity index (χ1v) is 7.07. The number of hydrogen-bond acceptors (Lipinski definition) is 2. The normalized spacial score (nSPS) is 10.8. The first kappa shape index (κ1) is 14.4. The molecule has 2 rings (SSSR count). The van der Waals surface area contributed by atoms with Crippen molar-refractivity contribution in [1.29, 1.82) is 0 Å². The number of para-hydroxylation sites is 1. The lowest BCUT2D eigenvalue weighted by Gasteiger charge is -2.22. The van der Waals surface area contributed by atoms with Crippen LogP contribution in [0.4, 0.5) is 5.69 Å². The number of hydrogen-bond donors (Lipinski definition) is 0. The van der Waals surface area contributed by atoms with Crippen LogP contribution in [0.3, 0.4) is 0 Å². The van der Waals surface area contributed by atoms with Gasteiger partial charge in [0.25, 0.3) is 0 Å². The van der Waals surface area contributed by atoms with Gasteiger partial charge >= 0.3 is 0 Å². The third-order valence-corrected chi connectivity index (χ3v) is 2.94. The van der Waals surface area contributed by atoms with Crippen LogP contribution in [-0.2, 0) is 4.84 Å². The highest BCUT2D eigenvalue weighted by atomic mass is 16.7. The Labute approximate surface area is 121 Å². The van der Waals surface area contributed by atoms with Gasteiger partial charge in [0.2, 0.25) is 0 Å². The number of anilines is 1. The minimum Gasteiger partial charge on any atom is -0.274 e. The lowest BCUT2D eigenvalue weighted by atomic mass is 10.2. The minimum atomic E-state index is 0.678. The van der Waals surface area contributed by atoms with Gasteiger partial charge in [-0.2, -0.15) is 0 Å². The van der Waals surface area contributed by atoms with E-state index >= 15 is 0 Å². The van der Waals surface area contributed by atoms with Gasteiger partial charge in [-0.1, -0.05) is 60.7 Å². The zero-order valence-electron chi connectivity index (χ0n) is 11.9. The molecule has 0 saturated carbocycles. The molecule has 104 valence electrons. The molecule has 0 atom stereocenters. The number of rotatable bonds is 7. The van der Waals surface area contributed by atoms with Crippen LogP contribution < -0.4 is 5.06 Å². The number of hydroxylamine groups is 1. The maximum absolute atomic E-state index is 5.68. The summed E-state index contributed by atoms with van der Waals surface area (Å²) in [6.45, 7) is 3.54. The van der Waals surface area contributed by atoms with Crippen molar-refractivity contribution in [2.75, 3.05) is 18.2 Å². The van der Waals surface area contributed by atoms with E-state index < -0.39 is 0 Å². The van der Waals surface area contributed by atoms with Crippen LogP contribution in [0.15, 0.2) is 66.7 Å². The first-order valence-electron chi connectivity index (χ1n) is 7.07. The number of benzene rings is 2. The summed E-state index contributed by atoms with van der Waals surface area (Å²) < 4.78 is 0. The Bertz CT molecular complexity index is 507. The molecule has 20 heavy (non-hydrogen) atoms. The minimum absolute atomic E-state index is 0.678. The Morgan fingerprint density at radius 3 is 2.25 bits per heavy atom. The van der Waals surface area contributed by atoms with E-state index in [1.165, 1.54) is 5.56 Å². The summed E-state index contributed by atoms with van der Waals surface area (Å²) >= 11 is 0. The molecule has 0 bridgehead atoms. The Balaban J connectivity index is 1.88. The molecule has 0 aliphatic heterocycles. The Hall–Kier alpha value is -2.06. The van der Waals surface area contributed by atoms with Gasteiger partial charge in [-0.05, 0) is 31.0 Å². The summed E-state index contributed by atoms with van der Waals surface area (Å²) in [4.78, 5) is 5.68. The van der Waals surface area contributed by atoms with E-state index in [1.807, 2.05) is 36.3 Å². The molecule has 2 aromatic carbocycles. The fourth-order valence-corrected chi connectivity index (χ4v) is 1.99. The van der Waals surface area contributed by atoms with Crippen molar-refractivity contribution in [1.82, 2.24) is 0 Å². The van der Waals surface area contributed by atoms with Gasteiger partial charge in [0, 0.05) is 6.54 Å². The van der Waals surface area contributed by atoms with Gasteiger partial charge in [-0.15, -0.1) is 0 Å². The summed E-state index contributed by atoms with van der Waals surface area (Å²) in [6.07, 6.45) is 5.28. The topological polar surface area (TPSA) is 12.5 Å². The van der Waals surface area contributed by atoms with Crippen molar-refractivity contribution in [2.24, 2.45) is 0 Å². The molecule has 0 unspecified atom stereocenters. The van der Waals surface area contributed by atoms with Crippen LogP contribution in [0.5, 0.6) is 0 Å². The highest BCUT2D eigenvalue weighted by Crippen LogP contribution is 2.14. The summed E-state index contributed by atoms with van der Waals surface area (Å²) in [5.74, 6) is 0. The smallest absolute Gasteiger partial charge is 0.0720 e. The van der Waals surface area contributed by atoms with Crippen molar-refractivity contribution in [3.05, 3.63) is 72.3 Å². The molecule has 0 N–H and O–H groups in total. The standard InChI is InChI=1S/C18H21NO/c1-2-20-19(18-14-7-4-8-15-18)16-10-9-13-17-11-5-3-6-12-17/h3-9,11-15H,2,10,16H2,1H3. The SMILES string of the molecule is CCON(CCC=Cc1ccccc1)c1ccccc1. The summed E-state index contributed by atoms with van der Waals surface area (Å²) in [6, 6.07) is 20.6.